The number of benzene rings is 1. The maximum Gasteiger partial charge on any atom is 0.0335 e. The third-order valence-electron chi connectivity index (χ3n) is 3.02. The van der Waals surface area contributed by atoms with Gasteiger partial charge in [-0.3, -0.25) is 0 Å². The quantitative estimate of drug-likeness (QED) is 0.592. The van der Waals surface area contributed by atoms with Crippen molar-refractivity contribution in [1.82, 2.24) is 10.6 Å². The molecule has 0 aliphatic carbocycles. The fourth-order valence-corrected chi connectivity index (χ4v) is 2.19. The highest BCUT2D eigenvalue weighted by Crippen LogP contribution is 2.23. The molecule has 1 atom stereocenters. The van der Waals surface area contributed by atoms with E-state index in [2.05, 4.69) is 40.8 Å². The predicted octanol–water partition coefficient (Wildman–Crippen LogP) is 1.83. The topological polar surface area (TPSA) is 24.1 Å². The van der Waals surface area contributed by atoms with Gasteiger partial charge in [0.15, 0.2) is 0 Å². The molecule has 1 aliphatic heterocycles. The lowest BCUT2D eigenvalue weighted by Gasteiger charge is -2.18. The molecule has 0 radical (unpaired) electrons. The fourth-order valence-electron chi connectivity index (χ4n) is 2.19. The second kappa shape index (κ2) is 5.69. The number of hydrogen-bond donors (Lipinski definition) is 2. The number of nitrogens with one attached hydrogen (secondary N) is 2. The van der Waals surface area contributed by atoms with Gasteiger partial charge in [-0.15, -0.1) is 12.3 Å². The molecule has 0 saturated heterocycles. The van der Waals surface area contributed by atoms with Crippen molar-refractivity contribution < 1.29 is 0 Å². The molecule has 0 fully saturated rings. The molecule has 84 valence electrons. The first kappa shape index (κ1) is 11.2. The van der Waals surface area contributed by atoms with Crippen LogP contribution in [0.4, 0.5) is 0 Å². The monoisotopic (exact) mass is 214 g/mol. The molecule has 1 aromatic rings. The van der Waals surface area contributed by atoms with Crippen LogP contribution in [0.5, 0.6) is 0 Å². The van der Waals surface area contributed by atoms with Crippen molar-refractivity contribution in [3.05, 3.63) is 35.4 Å². The molecule has 0 aromatic heterocycles. The highest BCUT2D eigenvalue weighted by atomic mass is 14.9. The maximum atomic E-state index is 5.27. The van der Waals surface area contributed by atoms with Crippen molar-refractivity contribution in [1.29, 1.82) is 0 Å². The molecule has 0 amide bonds. The van der Waals surface area contributed by atoms with Crippen LogP contribution in [0, 0.1) is 12.3 Å². The minimum atomic E-state index is 0.444. The van der Waals surface area contributed by atoms with Gasteiger partial charge in [-0.2, -0.15) is 0 Å². The molecule has 1 aromatic carbocycles. The summed E-state index contributed by atoms with van der Waals surface area (Å²) in [4.78, 5) is 0. The summed E-state index contributed by atoms with van der Waals surface area (Å²) in [7, 11) is 0. The van der Waals surface area contributed by atoms with Crippen molar-refractivity contribution in [2.45, 2.75) is 25.4 Å². The Morgan fingerprint density at radius 3 is 3.19 bits per heavy atom. The van der Waals surface area contributed by atoms with E-state index in [0.717, 1.165) is 32.5 Å². The van der Waals surface area contributed by atoms with Crippen molar-refractivity contribution in [3.8, 4) is 12.3 Å². The van der Waals surface area contributed by atoms with Gasteiger partial charge in [-0.25, -0.2) is 0 Å². The molecule has 2 heteroatoms. The molecule has 1 unspecified atom stereocenters. The van der Waals surface area contributed by atoms with E-state index in [-0.39, 0.29) is 0 Å². The number of hydrogen-bond acceptors (Lipinski definition) is 2. The van der Waals surface area contributed by atoms with E-state index in [4.69, 9.17) is 6.42 Å². The van der Waals surface area contributed by atoms with Gasteiger partial charge in [-0.1, -0.05) is 24.3 Å². The number of fused-ring (bicyclic) bond motifs is 1. The second-order valence-electron chi connectivity index (χ2n) is 4.13. The van der Waals surface area contributed by atoms with Crippen LogP contribution in [0.3, 0.4) is 0 Å². The Balaban J connectivity index is 2.10. The lowest BCUT2D eigenvalue weighted by Crippen LogP contribution is -2.23. The third kappa shape index (κ3) is 2.63. The Labute approximate surface area is 97.4 Å². The van der Waals surface area contributed by atoms with Crippen LogP contribution in [0.2, 0.25) is 0 Å². The average Bonchev–Trinajstić information content (AvgIpc) is 2.52. The highest BCUT2D eigenvalue weighted by Gasteiger charge is 2.16. The molecule has 2 rings (SSSR count). The zero-order chi connectivity index (χ0) is 11.2. The van der Waals surface area contributed by atoms with E-state index in [1.54, 1.807) is 0 Å². The Bertz CT molecular complexity index is 379. The normalized spacial score (nSPS) is 19.6. The Hall–Kier alpha value is -1.30. The summed E-state index contributed by atoms with van der Waals surface area (Å²) in [6.45, 7) is 2.93. The lowest BCUT2D eigenvalue weighted by molar-refractivity contribution is 0.503. The summed E-state index contributed by atoms with van der Waals surface area (Å²) in [6, 6.07) is 9.07. The molecule has 16 heavy (non-hydrogen) atoms. The van der Waals surface area contributed by atoms with Gasteiger partial charge in [0, 0.05) is 25.6 Å². The van der Waals surface area contributed by atoms with E-state index >= 15 is 0 Å². The molecule has 0 saturated carbocycles. The van der Waals surface area contributed by atoms with Gasteiger partial charge in [0.05, 0.1) is 0 Å². The summed E-state index contributed by atoms with van der Waals surface area (Å²) in [5.74, 6) is 2.67. The molecule has 0 spiro atoms. The van der Waals surface area contributed by atoms with Crippen LogP contribution in [-0.2, 0) is 6.54 Å². The van der Waals surface area contributed by atoms with Crippen molar-refractivity contribution >= 4 is 0 Å². The summed E-state index contributed by atoms with van der Waals surface area (Å²) in [5.41, 5.74) is 2.82. The van der Waals surface area contributed by atoms with E-state index < -0.39 is 0 Å². The van der Waals surface area contributed by atoms with Crippen LogP contribution >= 0.6 is 0 Å². The molecule has 2 N–H and O–H groups in total. The molecule has 2 nitrogen and oxygen atoms in total. The Morgan fingerprint density at radius 1 is 1.44 bits per heavy atom. The van der Waals surface area contributed by atoms with Crippen LogP contribution in [0.15, 0.2) is 24.3 Å². The Kier molecular flexibility index (Phi) is 3.98. The standard InChI is InChI=1S/C14H18N2/c1-2-3-9-16-14-8-10-15-11-12-6-4-5-7-13(12)14/h1,4-7,14-16H,3,8-11H2. The van der Waals surface area contributed by atoms with Gasteiger partial charge in [0.1, 0.15) is 0 Å². The molecule has 1 heterocycles. The van der Waals surface area contributed by atoms with Crippen molar-refractivity contribution in [2.24, 2.45) is 0 Å². The summed E-state index contributed by atoms with van der Waals surface area (Å²) in [6.07, 6.45) is 7.19. The van der Waals surface area contributed by atoms with E-state index in [1.807, 2.05) is 0 Å². The van der Waals surface area contributed by atoms with Gasteiger partial charge < -0.3 is 10.6 Å². The molecular weight excluding hydrogens is 196 g/mol. The van der Waals surface area contributed by atoms with Crippen molar-refractivity contribution in [2.75, 3.05) is 13.1 Å². The third-order valence-corrected chi connectivity index (χ3v) is 3.02. The van der Waals surface area contributed by atoms with Gasteiger partial charge in [-0.05, 0) is 24.1 Å². The summed E-state index contributed by atoms with van der Waals surface area (Å²) in [5, 5.41) is 6.98. The van der Waals surface area contributed by atoms with E-state index in [1.165, 1.54) is 11.1 Å². The van der Waals surface area contributed by atoms with Gasteiger partial charge in [0.25, 0.3) is 0 Å². The first-order chi connectivity index (χ1) is 7.92. The van der Waals surface area contributed by atoms with E-state index in [9.17, 15) is 0 Å². The zero-order valence-electron chi connectivity index (χ0n) is 9.50. The van der Waals surface area contributed by atoms with Crippen LogP contribution in [0.1, 0.15) is 30.0 Å². The number of rotatable bonds is 3. The average molecular weight is 214 g/mol. The van der Waals surface area contributed by atoms with Crippen LogP contribution in [0.25, 0.3) is 0 Å². The van der Waals surface area contributed by atoms with Crippen LogP contribution in [-0.4, -0.2) is 13.1 Å². The lowest BCUT2D eigenvalue weighted by atomic mass is 9.99. The first-order valence-electron chi connectivity index (χ1n) is 5.87. The zero-order valence-corrected chi connectivity index (χ0v) is 9.50. The maximum absolute atomic E-state index is 5.27. The van der Waals surface area contributed by atoms with Crippen molar-refractivity contribution in [3.63, 3.8) is 0 Å². The second-order valence-corrected chi connectivity index (χ2v) is 4.13. The predicted molar refractivity (Wildman–Crippen MR) is 67.0 cm³/mol. The van der Waals surface area contributed by atoms with Gasteiger partial charge in [0.2, 0.25) is 0 Å². The largest absolute Gasteiger partial charge is 0.313 e. The molecule has 0 bridgehead atoms. The molecule has 1 aliphatic rings. The van der Waals surface area contributed by atoms with Crippen LogP contribution < -0.4 is 10.6 Å². The molecular formula is C14H18N2. The minimum absolute atomic E-state index is 0.444. The smallest absolute Gasteiger partial charge is 0.0335 e. The number of terminal acetylenes is 1. The SMILES string of the molecule is C#CCCNC1CCNCc2ccccc21. The first-order valence-corrected chi connectivity index (χ1v) is 5.87. The van der Waals surface area contributed by atoms with E-state index in [0.29, 0.717) is 6.04 Å². The highest BCUT2D eigenvalue weighted by molar-refractivity contribution is 5.30. The fraction of sp³-hybridized carbons (Fsp3) is 0.429. The van der Waals surface area contributed by atoms with Gasteiger partial charge >= 0.3 is 0 Å². The summed E-state index contributed by atoms with van der Waals surface area (Å²) >= 11 is 0. The summed E-state index contributed by atoms with van der Waals surface area (Å²) < 4.78 is 0. The minimum Gasteiger partial charge on any atom is -0.313 e. The Morgan fingerprint density at radius 2 is 2.31 bits per heavy atom.